The lowest BCUT2D eigenvalue weighted by molar-refractivity contribution is 0.262. The van der Waals surface area contributed by atoms with Gasteiger partial charge in [-0.15, -0.1) is 0 Å². The number of aryl methyl sites for hydroxylation is 2. The summed E-state index contributed by atoms with van der Waals surface area (Å²) in [4.78, 5) is 24.5. The maximum absolute atomic E-state index is 12.6. The van der Waals surface area contributed by atoms with E-state index in [4.69, 9.17) is 9.72 Å². The minimum atomic E-state index is -0.253. The van der Waals surface area contributed by atoms with Crippen LogP contribution < -0.4 is 10.3 Å². The summed E-state index contributed by atoms with van der Waals surface area (Å²) in [5.41, 5.74) is 2.39. The zero-order valence-corrected chi connectivity index (χ0v) is 17.5. The average molecular weight is 467 g/mol. The fraction of sp³-hybridized carbons (Fsp3) is 0.444. The summed E-state index contributed by atoms with van der Waals surface area (Å²) in [5, 5.41) is 4.33. The van der Waals surface area contributed by atoms with Gasteiger partial charge in [-0.25, -0.2) is 9.97 Å². The first-order valence-corrected chi connectivity index (χ1v) is 9.73. The van der Waals surface area contributed by atoms with E-state index in [1.54, 1.807) is 10.9 Å². The first kappa shape index (κ1) is 18.8. The van der Waals surface area contributed by atoms with E-state index in [0.717, 1.165) is 22.1 Å². The predicted octanol–water partition coefficient (Wildman–Crippen LogP) is 3.31. The van der Waals surface area contributed by atoms with Crippen molar-refractivity contribution in [3.05, 3.63) is 31.9 Å². The molecule has 0 unspecified atom stereocenters. The van der Waals surface area contributed by atoms with Gasteiger partial charge in [0, 0.05) is 16.8 Å². The SMILES string of the molecule is CCCc1c2nc(-c3cc(I)cnc3OCC(C)C)[nH]c(=O)c2nn1C. The van der Waals surface area contributed by atoms with Crippen LogP contribution in [0, 0.1) is 9.49 Å². The number of hydrogen-bond donors (Lipinski definition) is 1. The van der Waals surface area contributed by atoms with Crippen molar-refractivity contribution in [1.82, 2.24) is 24.7 Å². The number of halogens is 1. The van der Waals surface area contributed by atoms with Crippen LogP contribution in [0.15, 0.2) is 17.1 Å². The number of nitrogens with zero attached hydrogens (tertiary/aromatic N) is 4. The highest BCUT2D eigenvalue weighted by atomic mass is 127. The molecule has 0 spiro atoms. The molecular weight excluding hydrogens is 445 g/mol. The summed E-state index contributed by atoms with van der Waals surface area (Å²) in [5.74, 6) is 1.30. The van der Waals surface area contributed by atoms with Gasteiger partial charge in [0.2, 0.25) is 5.88 Å². The van der Waals surface area contributed by atoms with Crippen molar-refractivity contribution in [2.24, 2.45) is 13.0 Å². The van der Waals surface area contributed by atoms with E-state index in [-0.39, 0.29) is 5.56 Å². The fourth-order valence-electron chi connectivity index (χ4n) is 2.73. The van der Waals surface area contributed by atoms with E-state index in [1.807, 2.05) is 13.1 Å². The highest BCUT2D eigenvalue weighted by Crippen LogP contribution is 2.28. The minimum Gasteiger partial charge on any atom is -0.477 e. The molecule has 3 heterocycles. The van der Waals surface area contributed by atoms with E-state index in [2.05, 4.69) is 58.4 Å². The third kappa shape index (κ3) is 3.74. The third-order valence-electron chi connectivity index (χ3n) is 3.92. The molecule has 0 aliphatic carbocycles. The topological polar surface area (TPSA) is 85.7 Å². The Labute approximate surface area is 165 Å². The molecule has 26 heavy (non-hydrogen) atoms. The zero-order chi connectivity index (χ0) is 18.8. The molecule has 0 saturated carbocycles. The van der Waals surface area contributed by atoms with Crippen molar-refractivity contribution in [2.75, 3.05) is 6.61 Å². The van der Waals surface area contributed by atoms with Crippen LogP contribution in [0.1, 0.15) is 32.9 Å². The number of hydrogen-bond acceptors (Lipinski definition) is 5. The van der Waals surface area contributed by atoms with Gasteiger partial charge in [-0.2, -0.15) is 5.10 Å². The van der Waals surface area contributed by atoms with Crippen molar-refractivity contribution in [3.63, 3.8) is 0 Å². The molecule has 3 rings (SSSR count). The third-order valence-corrected chi connectivity index (χ3v) is 4.51. The molecule has 0 atom stereocenters. The Kier molecular flexibility index (Phi) is 5.59. The molecule has 0 aliphatic rings. The number of nitrogens with one attached hydrogen (secondary N) is 1. The Bertz CT molecular complexity index is 993. The van der Waals surface area contributed by atoms with Gasteiger partial charge in [-0.05, 0) is 41.0 Å². The summed E-state index contributed by atoms with van der Waals surface area (Å²) in [6.07, 6.45) is 3.50. The van der Waals surface area contributed by atoms with Crippen LogP contribution in [0.25, 0.3) is 22.4 Å². The van der Waals surface area contributed by atoms with Crippen molar-refractivity contribution >= 4 is 33.6 Å². The lowest BCUT2D eigenvalue weighted by Gasteiger charge is -2.12. The van der Waals surface area contributed by atoms with Gasteiger partial charge in [-0.3, -0.25) is 9.48 Å². The van der Waals surface area contributed by atoms with Gasteiger partial charge in [0.25, 0.3) is 5.56 Å². The van der Waals surface area contributed by atoms with Gasteiger partial charge in [0.15, 0.2) is 5.52 Å². The maximum atomic E-state index is 12.6. The van der Waals surface area contributed by atoms with Crippen molar-refractivity contribution < 1.29 is 4.74 Å². The molecule has 0 aromatic carbocycles. The van der Waals surface area contributed by atoms with E-state index < -0.39 is 0 Å². The highest BCUT2D eigenvalue weighted by molar-refractivity contribution is 14.1. The Morgan fingerprint density at radius 2 is 2.12 bits per heavy atom. The molecule has 0 fully saturated rings. The van der Waals surface area contributed by atoms with Gasteiger partial charge >= 0.3 is 0 Å². The molecule has 3 aromatic rings. The second kappa shape index (κ2) is 7.73. The van der Waals surface area contributed by atoms with E-state index >= 15 is 0 Å². The molecule has 7 nitrogen and oxygen atoms in total. The van der Waals surface area contributed by atoms with Gasteiger partial charge in [0.05, 0.1) is 17.9 Å². The quantitative estimate of drug-likeness (QED) is 0.563. The molecule has 0 bridgehead atoms. The zero-order valence-electron chi connectivity index (χ0n) is 15.3. The number of fused-ring (bicyclic) bond motifs is 1. The number of rotatable bonds is 6. The normalized spacial score (nSPS) is 11.5. The fourth-order valence-corrected chi connectivity index (χ4v) is 3.18. The van der Waals surface area contributed by atoms with Crippen LogP contribution in [0.2, 0.25) is 0 Å². The number of H-pyrrole nitrogens is 1. The predicted molar refractivity (Wildman–Crippen MR) is 109 cm³/mol. The molecule has 8 heteroatoms. The number of aromatic amines is 1. The largest absolute Gasteiger partial charge is 0.477 e. The van der Waals surface area contributed by atoms with Crippen LogP contribution in [-0.4, -0.2) is 31.3 Å². The molecule has 0 saturated heterocycles. The molecule has 138 valence electrons. The first-order chi connectivity index (χ1) is 12.4. The summed E-state index contributed by atoms with van der Waals surface area (Å²) in [6.45, 7) is 6.78. The highest BCUT2D eigenvalue weighted by Gasteiger charge is 2.18. The number of ether oxygens (including phenoxy) is 1. The molecule has 0 radical (unpaired) electrons. The van der Waals surface area contributed by atoms with E-state index in [9.17, 15) is 4.79 Å². The Morgan fingerprint density at radius 3 is 2.81 bits per heavy atom. The second-order valence-corrected chi connectivity index (χ2v) is 7.89. The van der Waals surface area contributed by atoms with Crippen LogP contribution in [-0.2, 0) is 13.5 Å². The summed E-state index contributed by atoms with van der Waals surface area (Å²) in [6, 6.07) is 1.92. The van der Waals surface area contributed by atoms with Crippen molar-refractivity contribution in [1.29, 1.82) is 0 Å². The van der Waals surface area contributed by atoms with Crippen LogP contribution in [0.4, 0.5) is 0 Å². The van der Waals surface area contributed by atoms with Gasteiger partial charge < -0.3 is 9.72 Å². The lowest BCUT2D eigenvalue weighted by atomic mass is 10.2. The molecule has 0 aliphatic heterocycles. The lowest BCUT2D eigenvalue weighted by Crippen LogP contribution is -2.12. The standard InChI is InChI=1S/C18H22IN5O2/c1-5-6-13-14-15(23-24(13)4)17(25)22-16(21-14)12-7-11(19)8-20-18(12)26-9-10(2)3/h7-8,10H,5-6,9H2,1-4H3,(H,21,22,25). The first-order valence-electron chi connectivity index (χ1n) is 8.65. The molecule has 1 N–H and O–H groups in total. The molecular formula is C18H22IN5O2. The van der Waals surface area contributed by atoms with E-state index in [1.165, 1.54) is 0 Å². The average Bonchev–Trinajstić information content (AvgIpc) is 2.91. The molecule has 0 amide bonds. The summed E-state index contributed by atoms with van der Waals surface area (Å²) >= 11 is 2.19. The second-order valence-electron chi connectivity index (χ2n) is 6.64. The minimum absolute atomic E-state index is 0.253. The monoisotopic (exact) mass is 467 g/mol. The Morgan fingerprint density at radius 1 is 1.35 bits per heavy atom. The molecule has 3 aromatic heterocycles. The van der Waals surface area contributed by atoms with Gasteiger partial charge in [0.1, 0.15) is 11.3 Å². The summed E-state index contributed by atoms with van der Waals surface area (Å²) in [7, 11) is 1.84. The smallest absolute Gasteiger partial charge is 0.279 e. The summed E-state index contributed by atoms with van der Waals surface area (Å²) < 4.78 is 8.53. The van der Waals surface area contributed by atoms with Crippen LogP contribution in [0.5, 0.6) is 5.88 Å². The number of pyridine rings is 1. The van der Waals surface area contributed by atoms with Gasteiger partial charge in [-0.1, -0.05) is 27.2 Å². The van der Waals surface area contributed by atoms with Crippen molar-refractivity contribution in [3.8, 4) is 17.3 Å². The van der Waals surface area contributed by atoms with Crippen molar-refractivity contribution in [2.45, 2.75) is 33.6 Å². The maximum Gasteiger partial charge on any atom is 0.279 e. The van der Waals surface area contributed by atoms with E-state index in [0.29, 0.717) is 40.8 Å². The van der Waals surface area contributed by atoms with Crippen LogP contribution >= 0.6 is 22.6 Å². The Hall–Kier alpha value is -1.97. The number of aromatic nitrogens is 5. The van der Waals surface area contributed by atoms with Crippen LogP contribution in [0.3, 0.4) is 0 Å². The Balaban J connectivity index is 2.17.